The first-order valence-electron chi connectivity index (χ1n) is 11.6. The Morgan fingerprint density at radius 1 is 0.968 bits per heavy atom. The van der Waals surface area contributed by atoms with Gasteiger partial charge in [-0.15, -0.1) is 0 Å². The summed E-state index contributed by atoms with van der Waals surface area (Å²) >= 11 is 0. The molecular formula is C26H31N3O2. The number of fused-ring (bicyclic) bond motifs is 1. The Kier molecular flexibility index (Phi) is 5.53. The van der Waals surface area contributed by atoms with E-state index in [1.165, 1.54) is 12.8 Å². The first kappa shape index (κ1) is 20.3. The molecule has 3 aliphatic rings. The molecule has 0 aromatic heterocycles. The van der Waals surface area contributed by atoms with Crippen LogP contribution >= 0.6 is 0 Å². The summed E-state index contributed by atoms with van der Waals surface area (Å²) in [5, 5.41) is 3.56. The molecule has 0 radical (unpaired) electrons. The molecule has 1 N–H and O–H groups in total. The number of carbonyl (C=O) groups excluding carboxylic acids is 2. The molecule has 0 spiro atoms. The highest BCUT2D eigenvalue weighted by molar-refractivity contribution is 5.95. The van der Waals surface area contributed by atoms with E-state index in [2.05, 4.69) is 5.32 Å². The van der Waals surface area contributed by atoms with Gasteiger partial charge in [-0.2, -0.15) is 0 Å². The molecule has 3 fully saturated rings. The Morgan fingerprint density at radius 2 is 1.65 bits per heavy atom. The predicted octanol–water partition coefficient (Wildman–Crippen LogP) is 2.81. The number of amides is 2. The summed E-state index contributed by atoms with van der Waals surface area (Å²) in [5.41, 5.74) is 1.31. The van der Waals surface area contributed by atoms with E-state index in [-0.39, 0.29) is 18.4 Å². The van der Waals surface area contributed by atoms with Crippen molar-refractivity contribution in [1.82, 2.24) is 15.1 Å². The average Bonchev–Trinajstić information content (AvgIpc) is 3.26. The van der Waals surface area contributed by atoms with Crippen LogP contribution < -0.4 is 5.32 Å². The molecule has 5 heteroatoms. The number of hydrogen-bond acceptors (Lipinski definition) is 3. The van der Waals surface area contributed by atoms with Gasteiger partial charge in [0.15, 0.2) is 0 Å². The van der Waals surface area contributed by atoms with E-state index in [9.17, 15) is 9.59 Å². The van der Waals surface area contributed by atoms with Gasteiger partial charge in [-0.1, -0.05) is 60.7 Å². The van der Waals surface area contributed by atoms with E-state index in [1.54, 1.807) is 4.90 Å². The third-order valence-electron chi connectivity index (χ3n) is 7.44. The van der Waals surface area contributed by atoms with Crippen LogP contribution in [0.15, 0.2) is 60.7 Å². The van der Waals surface area contributed by atoms with Gasteiger partial charge in [-0.25, -0.2) is 0 Å². The molecule has 0 saturated carbocycles. The molecule has 2 amide bonds. The second kappa shape index (κ2) is 8.46. The average molecular weight is 418 g/mol. The molecule has 0 unspecified atom stereocenters. The second-order valence-electron chi connectivity index (χ2n) is 9.23. The van der Waals surface area contributed by atoms with E-state index in [1.807, 2.05) is 65.6 Å². The zero-order valence-corrected chi connectivity index (χ0v) is 18.0. The lowest BCUT2D eigenvalue weighted by molar-refractivity contribution is -0.145. The third-order valence-corrected chi connectivity index (χ3v) is 7.44. The molecule has 3 aliphatic heterocycles. The number of piperidine rings is 2. The lowest BCUT2D eigenvalue weighted by Crippen LogP contribution is -2.54. The molecule has 0 aliphatic carbocycles. The molecule has 162 valence electrons. The van der Waals surface area contributed by atoms with Crippen molar-refractivity contribution >= 4 is 11.8 Å². The Hall–Kier alpha value is -2.66. The maximum atomic E-state index is 14.0. The lowest BCUT2D eigenvalue weighted by Gasteiger charge is -2.42. The quantitative estimate of drug-likeness (QED) is 0.832. The van der Waals surface area contributed by atoms with E-state index in [4.69, 9.17) is 0 Å². The van der Waals surface area contributed by atoms with Crippen molar-refractivity contribution < 1.29 is 9.59 Å². The summed E-state index contributed by atoms with van der Waals surface area (Å²) in [6.07, 6.45) is 4.03. The summed E-state index contributed by atoms with van der Waals surface area (Å²) in [7, 11) is 0. The van der Waals surface area contributed by atoms with Crippen LogP contribution in [-0.4, -0.2) is 60.4 Å². The van der Waals surface area contributed by atoms with Crippen LogP contribution in [0.5, 0.6) is 0 Å². The standard InChI is InChI=1S/C26H31N3O2/c30-24(29-17-20-9-7-15-27-23(20)18-29)19-28-16-8-14-26(25(28)31,21-10-3-1-4-11-21)22-12-5-2-6-13-22/h1-6,10-13,20,23,27H,7-9,14-19H2/t20-,23+/m1/s1. The van der Waals surface area contributed by atoms with Crippen molar-refractivity contribution in [2.75, 3.05) is 32.7 Å². The number of rotatable bonds is 4. The molecule has 0 bridgehead atoms. The Morgan fingerprint density at radius 3 is 2.29 bits per heavy atom. The van der Waals surface area contributed by atoms with Crippen LogP contribution in [0.4, 0.5) is 0 Å². The van der Waals surface area contributed by atoms with Gasteiger partial charge in [0.05, 0.1) is 12.0 Å². The van der Waals surface area contributed by atoms with Gasteiger partial charge in [0.2, 0.25) is 11.8 Å². The van der Waals surface area contributed by atoms with Crippen LogP contribution in [0.2, 0.25) is 0 Å². The summed E-state index contributed by atoms with van der Waals surface area (Å²) in [6, 6.07) is 20.6. The molecule has 5 rings (SSSR count). The zero-order valence-electron chi connectivity index (χ0n) is 18.0. The number of nitrogens with one attached hydrogen (secondary N) is 1. The SMILES string of the molecule is O=C(CN1CCCC(c2ccccc2)(c2ccccc2)C1=O)N1C[C@H]2CCCN[C@H]2C1. The van der Waals surface area contributed by atoms with Gasteiger partial charge in [0.25, 0.3) is 0 Å². The van der Waals surface area contributed by atoms with Crippen LogP contribution in [-0.2, 0) is 15.0 Å². The minimum atomic E-state index is -0.721. The van der Waals surface area contributed by atoms with E-state index >= 15 is 0 Å². The van der Waals surface area contributed by atoms with Crippen molar-refractivity contribution in [3.05, 3.63) is 71.8 Å². The fourth-order valence-corrected chi connectivity index (χ4v) is 5.83. The number of benzene rings is 2. The van der Waals surface area contributed by atoms with Crippen molar-refractivity contribution in [3.8, 4) is 0 Å². The third kappa shape index (κ3) is 3.65. The molecule has 2 atom stereocenters. The molecule has 2 aromatic carbocycles. The van der Waals surface area contributed by atoms with Crippen LogP contribution in [0.25, 0.3) is 0 Å². The van der Waals surface area contributed by atoms with Crippen LogP contribution in [0.3, 0.4) is 0 Å². The topological polar surface area (TPSA) is 52.7 Å². The lowest BCUT2D eigenvalue weighted by atomic mass is 9.68. The van der Waals surface area contributed by atoms with Gasteiger partial charge >= 0.3 is 0 Å². The van der Waals surface area contributed by atoms with E-state index in [0.29, 0.717) is 18.5 Å². The molecule has 5 nitrogen and oxygen atoms in total. The minimum absolute atomic E-state index is 0.0549. The normalized spacial score (nSPS) is 25.4. The first-order valence-corrected chi connectivity index (χ1v) is 11.6. The second-order valence-corrected chi connectivity index (χ2v) is 9.23. The highest BCUT2D eigenvalue weighted by atomic mass is 16.2. The highest BCUT2D eigenvalue weighted by Gasteiger charge is 2.47. The molecule has 2 aromatic rings. The summed E-state index contributed by atoms with van der Waals surface area (Å²) < 4.78 is 0. The van der Waals surface area contributed by atoms with Gasteiger partial charge in [0.1, 0.15) is 0 Å². The van der Waals surface area contributed by atoms with Crippen LogP contribution in [0.1, 0.15) is 36.8 Å². The largest absolute Gasteiger partial charge is 0.339 e. The van der Waals surface area contributed by atoms with E-state index < -0.39 is 5.41 Å². The van der Waals surface area contributed by atoms with Gasteiger partial charge < -0.3 is 15.1 Å². The molecular weight excluding hydrogens is 386 g/mol. The summed E-state index contributed by atoms with van der Waals surface area (Å²) in [6.45, 7) is 3.46. The summed E-state index contributed by atoms with van der Waals surface area (Å²) in [5.74, 6) is 0.697. The van der Waals surface area contributed by atoms with Gasteiger partial charge in [0, 0.05) is 25.7 Å². The Balaban J connectivity index is 1.40. The van der Waals surface area contributed by atoms with Gasteiger partial charge in [-0.3, -0.25) is 9.59 Å². The maximum Gasteiger partial charge on any atom is 0.242 e. The Labute approximate surface area is 184 Å². The minimum Gasteiger partial charge on any atom is -0.339 e. The molecule has 3 saturated heterocycles. The number of carbonyl (C=O) groups is 2. The monoisotopic (exact) mass is 417 g/mol. The van der Waals surface area contributed by atoms with E-state index in [0.717, 1.165) is 43.6 Å². The van der Waals surface area contributed by atoms with Crippen molar-refractivity contribution in [1.29, 1.82) is 0 Å². The fraction of sp³-hybridized carbons (Fsp3) is 0.462. The molecule has 31 heavy (non-hydrogen) atoms. The maximum absolute atomic E-state index is 14.0. The zero-order chi connectivity index (χ0) is 21.3. The highest BCUT2D eigenvalue weighted by Crippen LogP contribution is 2.41. The summed E-state index contributed by atoms with van der Waals surface area (Å²) in [4.78, 5) is 31.0. The van der Waals surface area contributed by atoms with Crippen molar-refractivity contribution in [2.45, 2.75) is 37.1 Å². The number of hydrogen-bond donors (Lipinski definition) is 1. The number of likely N-dealkylation sites (tertiary alicyclic amines) is 2. The predicted molar refractivity (Wildman–Crippen MR) is 121 cm³/mol. The Bertz CT molecular complexity index is 877. The smallest absolute Gasteiger partial charge is 0.242 e. The van der Waals surface area contributed by atoms with Crippen molar-refractivity contribution in [3.63, 3.8) is 0 Å². The first-order chi connectivity index (χ1) is 15.2. The fourth-order valence-electron chi connectivity index (χ4n) is 5.83. The van der Waals surface area contributed by atoms with Crippen LogP contribution in [0, 0.1) is 5.92 Å². The molecule has 3 heterocycles. The number of nitrogens with zero attached hydrogens (tertiary/aromatic N) is 2. The van der Waals surface area contributed by atoms with Crippen molar-refractivity contribution in [2.24, 2.45) is 5.92 Å². The van der Waals surface area contributed by atoms with Gasteiger partial charge in [-0.05, 0) is 49.3 Å².